The van der Waals surface area contributed by atoms with Gasteiger partial charge in [-0.3, -0.25) is 19.7 Å². The topological polar surface area (TPSA) is 81.7 Å². The maximum Gasteiger partial charge on any atom is 0.310 e. The van der Waals surface area contributed by atoms with Crippen LogP contribution < -0.4 is 10.1 Å². The minimum Gasteiger partial charge on any atom is -0.497 e. The minimum atomic E-state index is -0.676. The summed E-state index contributed by atoms with van der Waals surface area (Å²) >= 11 is 1.47. The van der Waals surface area contributed by atoms with Crippen LogP contribution in [0.15, 0.2) is 41.1 Å². The highest BCUT2D eigenvalue weighted by atomic mass is 32.1. The van der Waals surface area contributed by atoms with Crippen LogP contribution >= 0.6 is 11.3 Å². The highest BCUT2D eigenvalue weighted by molar-refractivity contribution is 7.07. The molecule has 0 radical (unpaired) electrons. The van der Waals surface area contributed by atoms with Crippen LogP contribution in [0.5, 0.6) is 5.75 Å². The van der Waals surface area contributed by atoms with E-state index < -0.39 is 24.4 Å². The Hall–Kier alpha value is -2.67. The fourth-order valence-corrected chi connectivity index (χ4v) is 2.40. The van der Waals surface area contributed by atoms with Crippen molar-refractivity contribution in [3.8, 4) is 5.75 Å². The number of nitrogens with one attached hydrogen (secondary N) is 1. The van der Waals surface area contributed by atoms with Crippen molar-refractivity contribution in [1.82, 2.24) is 5.32 Å². The van der Waals surface area contributed by atoms with E-state index >= 15 is 0 Å². The molecule has 7 heteroatoms. The number of amides is 2. The molecule has 6 nitrogen and oxygen atoms in total. The first-order valence-corrected chi connectivity index (χ1v) is 7.67. The molecule has 23 heavy (non-hydrogen) atoms. The zero-order valence-corrected chi connectivity index (χ0v) is 13.2. The molecule has 1 aromatic carbocycles. The third-order valence-electron chi connectivity index (χ3n) is 2.90. The molecular weight excluding hydrogens is 318 g/mol. The molecule has 0 bridgehead atoms. The van der Waals surface area contributed by atoms with Gasteiger partial charge < -0.3 is 9.47 Å². The summed E-state index contributed by atoms with van der Waals surface area (Å²) < 4.78 is 9.81. The SMILES string of the molecule is COc1ccc(C(=O)NC(=O)COC(=O)Cc2ccsc2)cc1. The zero-order valence-electron chi connectivity index (χ0n) is 12.4. The first kappa shape index (κ1) is 16.7. The molecule has 2 rings (SSSR count). The number of carbonyl (C=O) groups is 3. The van der Waals surface area contributed by atoms with Crippen LogP contribution in [0.25, 0.3) is 0 Å². The number of esters is 1. The van der Waals surface area contributed by atoms with Crippen molar-refractivity contribution in [2.45, 2.75) is 6.42 Å². The van der Waals surface area contributed by atoms with E-state index in [2.05, 4.69) is 5.32 Å². The maximum atomic E-state index is 11.8. The van der Waals surface area contributed by atoms with Crippen LogP contribution in [0.2, 0.25) is 0 Å². The van der Waals surface area contributed by atoms with Gasteiger partial charge in [0.25, 0.3) is 11.8 Å². The quantitative estimate of drug-likeness (QED) is 0.815. The Kier molecular flexibility index (Phi) is 5.87. The van der Waals surface area contributed by atoms with Crippen LogP contribution in [-0.4, -0.2) is 31.5 Å². The van der Waals surface area contributed by atoms with Crippen molar-refractivity contribution in [2.75, 3.05) is 13.7 Å². The maximum absolute atomic E-state index is 11.8. The van der Waals surface area contributed by atoms with E-state index in [1.165, 1.54) is 30.6 Å². The number of methoxy groups -OCH3 is 1. The van der Waals surface area contributed by atoms with Crippen molar-refractivity contribution in [3.63, 3.8) is 0 Å². The number of benzene rings is 1. The zero-order chi connectivity index (χ0) is 16.7. The van der Waals surface area contributed by atoms with Gasteiger partial charge in [-0.2, -0.15) is 11.3 Å². The lowest BCUT2D eigenvalue weighted by molar-refractivity contribution is -0.147. The standard InChI is InChI=1S/C16H15NO5S/c1-21-13-4-2-12(3-5-13)16(20)17-14(18)9-22-15(19)8-11-6-7-23-10-11/h2-7,10H,8-9H2,1H3,(H,17,18,20). The van der Waals surface area contributed by atoms with Crippen LogP contribution in [0.1, 0.15) is 15.9 Å². The van der Waals surface area contributed by atoms with Crippen molar-refractivity contribution in [2.24, 2.45) is 0 Å². The minimum absolute atomic E-state index is 0.100. The third kappa shape index (κ3) is 5.23. The summed E-state index contributed by atoms with van der Waals surface area (Å²) in [6.45, 7) is -0.495. The molecule has 120 valence electrons. The predicted octanol–water partition coefficient (Wildman–Crippen LogP) is 1.80. The predicted molar refractivity (Wildman–Crippen MR) is 84.4 cm³/mol. The van der Waals surface area contributed by atoms with Gasteiger partial charge in [-0.05, 0) is 46.7 Å². The molecule has 0 aliphatic carbocycles. The second kappa shape index (κ2) is 8.09. The average molecular weight is 333 g/mol. The number of thiophene rings is 1. The van der Waals surface area contributed by atoms with Crippen molar-refractivity contribution in [1.29, 1.82) is 0 Å². The molecule has 0 spiro atoms. The summed E-state index contributed by atoms with van der Waals surface area (Å²) in [5, 5.41) is 5.83. The molecule has 0 saturated carbocycles. The molecule has 0 saturated heterocycles. The molecule has 2 amide bonds. The van der Waals surface area contributed by atoms with Gasteiger partial charge in [-0.1, -0.05) is 0 Å². The van der Waals surface area contributed by atoms with Crippen LogP contribution in [0, 0.1) is 0 Å². The molecule has 0 aliphatic rings. The molecule has 2 aromatic rings. The summed E-state index contributed by atoms with van der Waals surface area (Å²) in [7, 11) is 1.52. The Morgan fingerprint density at radius 3 is 2.48 bits per heavy atom. The Balaban J connectivity index is 1.77. The number of imide groups is 1. The van der Waals surface area contributed by atoms with E-state index in [9.17, 15) is 14.4 Å². The van der Waals surface area contributed by atoms with Gasteiger partial charge in [0.2, 0.25) is 0 Å². The van der Waals surface area contributed by atoms with Crippen LogP contribution in [0.4, 0.5) is 0 Å². The van der Waals surface area contributed by atoms with E-state index in [4.69, 9.17) is 9.47 Å². The molecule has 1 N–H and O–H groups in total. The average Bonchev–Trinajstić information content (AvgIpc) is 3.06. The summed E-state index contributed by atoms with van der Waals surface area (Å²) in [5.74, 6) is -1.15. The molecule has 1 heterocycles. The van der Waals surface area contributed by atoms with Crippen molar-refractivity contribution in [3.05, 3.63) is 52.2 Å². The third-order valence-corrected chi connectivity index (χ3v) is 3.63. The van der Waals surface area contributed by atoms with Gasteiger partial charge in [0, 0.05) is 5.56 Å². The molecule has 0 unspecified atom stereocenters. The summed E-state index contributed by atoms with van der Waals surface area (Å²) in [5.41, 5.74) is 1.14. The van der Waals surface area contributed by atoms with Crippen LogP contribution in [-0.2, 0) is 20.7 Å². The fourth-order valence-electron chi connectivity index (χ4n) is 1.73. The first-order valence-electron chi connectivity index (χ1n) is 6.73. The smallest absolute Gasteiger partial charge is 0.310 e. The Labute approximate surface area is 137 Å². The number of hydrogen-bond donors (Lipinski definition) is 1. The number of rotatable bonds is 6. The van der Waals surface area contributed by atoms with Gasteiger partial charge >= 0.3 is 5.97 Å². The Morgan fingerprint density at radius 2 is 1.87 bits per heavy atom. The van der Waals surface area contributed by atoms with Crippen LogP contribution in [0.3, 0.4) is 0 Å². The van der Waals surface area contributed by atoms with E-state index in [0.717, 1.165) is 5.56 Å². The van der Waals surface area contributed by atoms with Gasteiger partial charge in [0.1, 0.15) is 5.75 Å². The van der Waals surface area contributed by atoms with Crippen molar-refractivity contribution >= 4 is 29.1 Å². The fraction of sp³-hybridized carbons (Fsp3) is 0.188. The lowest BCUT2D eigenvalue weighted by atomic mass is 10.2. The van der Waals surface area contributed by atoms with Gasteiger partial charge in [-0.25, -0.2) is 0 Å². The second-order valence-corrected chi connectivity index (χ2v) is 5.35. The molecule has 1 aromatic heterocycles. The summed E-state index contributed by atoms with van der Waals surface area (Å²) in [6, 6.07) is 8.09. The summed E-state index contributed by atoms with van der Waals surface area (Å²) in [4.78, 5) is 35.0. The monoisotopic (exact) mass is 333 g/mol. The highest BCUT2D eigenvalue weighted by Gasteiger charge is 2.13. The number of hydrogen-bond acceptors (Lipinski definition) is 6. The van der Waals surface area contributed by atoms with E-state index in [0.29, 0.717) is 11.3 Å². The van der Waals surface area contributed by atoms with E-state index in [1.807, 2.05) is 10.8 Å². The van der Waals surface area contributed by atoms with Crippen molar-refractivity contribution < 1.29 is 23.9 Å². The number of carbonyl (C=O) groups excluding carboxylic acids is 3. The Morgan fingerprint density at radius 1 is 1.13 bits per heavy atom. The van der Waals surface area contributed by atoms with E-state index in [-0.39, 0.29) is 6.42 Å². The molecule has 0 fully saturated rings. The van der Waals surface area contributed by atoms with Gasteiger partial charge in [0.15, 0.2) is 6.61 Å². The number of ether oxygens (including phenoxy) is 2. The molecule has 0 atom stereocenters. The van der Waals surface area contributed by atoms with Gasteiger partial charge in [0.05, 0.1) is 13.5 Å². The normalized spacial score (nSPS) is 9.96. The summed E-state index contributed by atoms with van der Waals surface area (Å²) in [6.07, 6.45) is 0.100. The Bertz CT molecular complexity index is 679. The molecule has 0 aliphatic heterocycles. The second-order valence-electron chi connectivity index (χ2n) is 4.57. The van der Waals surface area contributed by atoms with Gasteiger partial charge in [-0.15, -0.1) is 0 Å². The lowest BCUT2D eigenvalue weighted by Gasteiger charge is -2.06. The molecular formula is C16H15NO5S. The van der Waals surface area contributed by atoms with E-state index in [1.54, 1.807) is 18.2 Å². The largest absolute Gasteiger partial charge is 0.497 e. The first-order chi connectivity index (χ1) is 11.1. The highest BCUT2D eigenvalue weighted by Crippen LogP contribution is 2.11. The lowest BCUT2D eigenvalue weighted by Crippen LogP contribution is -2.34.